The van der Waals surface area contributed by atoms with Gasteiger partial charge in [-0.05, 0) is 73.1 Å². The number of hydrogen-bond donors (Lipinski definition) is 1. The molecule has 1 aromatic carbocycles. The Morgan fingerprint density at radius 2 is 2.00 bits per heavy atom. The second-order valence-electron chi connectivity index (χ2n) is 5.78. The lowest BCUT2D eigenvalue weighted by Crippen LogP contribution is -2.43. The van der Waals surface area contributed by atoms with Gasteiger partial charge in [-0.2, -0.15) is 0 Å². The summed E-state index contributed by atoms with van der Waals surface area (Å²) in [6.07, 6.45) is 2.30. The summed E-state index contributed by atoms with van der Waals surface area (Å²) >= 11 is 2.21. The molecule has 1 N–H and O–H groups in total. The first-order valence-electron chi connectivity index (χ1n) is 6.71. The van der Waals surface area contributed by atoms with Crippen molar-refractivity contribution in [2.75, 3.05) is 26.7 Å². The lowest BCUT2D eigenvalue weighted by Gasteiger charge is -2.38. The zero-order valence-electron chi connectivity index (χ0n) is 11.6. The van der Waals surface area contributed by atoms with Crippen LogP contribution in [0.25, 0.3) is 0 Å². The van der Waals surface area contributed by atoms with E-state index >= 15 is 0 Å². The van der Waals surface area contributed by atoms with Crippen molar-refractivity contribution in [2.45, 2.75) is 19.8 Å². The van der Waals surface area contributed by atoms with E-state index in [2.05, 4.69) is 46.8 Å². The molecule has 104 valence electrons. The Hall–Kier alpha value is -0.620. The molecule has 0 aliphatic carbocycles. The fraction of sp³-hybridized carbons (Fsp3) is 0.533. The van der Waals surface area contributed by atoms with Crippen molar-refractivity contribution in [1.29, 1.82) is 0 Å². The molecule has 1 aliphatic rings. The summed E-state index contributed by atoms with van der Waals surface area (Å²) in [6.45, 7) is 5.28. The third-order valence-electron chi connectivity index (χ3n) is 3.99. The minimum absolute atomic E-state index is 0.0464. The van der Waals surface area contributed by atoms with Crippen molar-refractivity contribution < 1.29 is 4.79 Å². The van der Waals surface area contributed by atoms with E-state index in [1.54, 1.807) is 0 Å². The van der Waals surface area contributed by atoms with Gasteiger partial charge in [-0.25, -0.2) is 0 Å². The van der Waals surface area contributed by atoms with Crippen molar-refractivity contribution in [3.8, 4) is 0 Å². The van der Waals surface area contributed by atoms with Gasteiger partial charge < -0.3 is 10.2 Å². The highest BCUT2D eigenvalue weighted by molar-refractivity contribution is 14.1. The van der Waals surface area contributed by atoms with E-state index in [0.29, 0.717) is 0 Å². The number of hydrogen-bond acceptors (Lipinski definition) is 2. The summed E-state index contributed by atoms with van der Waals surface area (Å²) in [5, 5.41) is 3.10. The first-order chi connectivity index (χ1) is 9.00. The van der Waals surface area contributed by atoms with E-state index in [9.17, 15) is 4.79 Å². The van der Waals surface area contributed by atoms with Gasteiger partial charge >= 0.3 is 0 Å². The molecule has 1 amide bonds. The van der Waals surface area contributed by atoms with Crippen LogP contribution in [0.4, 0.5) is 0 Å². The Balaban J connectivity index is 1.92. The highest BCUT2D eigenvalue weighted by Gasteiger charge is 2.29. The van der Waals surface area contributed by atoms with Crippen molar-refractivity contribution in [1.82, 2.24) is 10.2 Å². The topological polar surface area (TPSA) is 32.3 Å². The van der Waals surface area contributed by atoms with Crippen molar-refractivity contribution in [3.63, 3.8) is 0 Å². The number of carbonyl (C=O) groups is 1. The molecule has 2 rings (SSSR count). The molecule has 0 bridgehead atoms. The van der Waals surface area contributed by atoms with E-state index < -0.39 is 0 Å². The van der Waals surface area contributed by atoms with Gasteiger partial charge in [-0.15, -0.1) is 0 Å². The van der Waals surface area contributed by atoms with Gasteiger partial charge in [0, 0.05) is 10.1 Å². The summed E-state index contributed by atoms with van der Waals surface area (Å²) in [5.41, 5.74) is 1.02. The molecule has 19 heavy (non-hydrogen) atoms. The second kappa shape index (κ2) is 6.22. The summed E-state index contributed by atoms with van der Waals surface area (Å²) < 4.78 is 1.01. The Kier molecular flexibility index (Phi) is 4.84. The van der Waals surface area contributed by atoms with E-state index in [-0.39, 0.29) is 11.3 Å². The van der Waals surface area contributed by atoms with E-state index in [0.717, 1.165) is 41.6 Å². The molecule has 1 fully saturated rings. The van der Waals surface area contributed by atoms with Gasteiger partial charge in [0.05, 0.1) is 5.56 Å². The maximum atomic E-state index is 12.2. The van der Waals surface area contributed by atoms with Crippen LogP contribution in [-0.4, -0.2) is 37.5 Å². The molecule has 0 spiro atoms. The maximum absolute atomic E-state index is 12.2. The molecular weight excluding hydrogens is 351 g/mol. The first kappa shape index (κ1) is 14.8. The van der Waals surface area contributed by atoms with Gasteiger partial charge in [0.25, 0.3) is 5.91 Å². The highest BCUT2D eigenvalue weighted by atomic mass is 127. The fourth-order valence-electron chi connectivity index (χ4n) is 2.37. The molecule has 0 unspecified atom stereocenters. The average molecular weight is 372 g/mol. The molecule has 0 atom stereocenters. The van der Waals surface area contributed by atoms with E-state index in [1.807, 2.05) is 24.3 Å². The Bertz CT molecular complexity index is 453. The third kappa shape index (κ3) is 3.92. The first-order valence-corrected chi connectivity index (χ1v) is 7.79. The summed E-state index contributed by atoms with van der Waals surface area (Å²) in [7, 11) is 2.16. The monoisotopic (exact) mass is 372 g/mol. The van der Waals surface area contributed by atoms with Crippen molar-refractivity contribution >= 4 is 28.5 Å². The average Bonchev–Trinajstić information content (AvgIpc) is 2.41. The van der Waals surface area contributed by atoms with Crippen LogP contribution in [0.15, 0.2) is 24.3 Å². The lowest BCUT2D eigenvalue weighted by molar-refractivity contribution is 0.0890. The fourth-order valence-corrected chi connectivity index (χ4v) is 3.00. The van der Waals surface area contributed by atoms with Crippen molar-refractivity contribution in [2.24, 2.45) is 5.41 Å². The predicted octanol–water partition coefficient (Wildman–Crippen LogP) is 2.75. The van der Waals surface area contributed by atoms with Gasteiger partial charge in [0.1, 0.15) is 0 Å². The van der Waals surface area contributed by atoms with E-state index in [1.165, 1.54) is 0 Å². The van der Waals surface area contributed by atoms with E-state index in [4.69, 9.17) is 0 Å². The van der Waals surface area contributed by atoms with Crippen LogP contribution < -0.4 is 5.32 Å². The number of nitrogens with one attached hydrogen (secondary N) is 1. The molecule has 4 heteroatoms. The second-order valence-corrected chi connectivity index (χ2v) is 6.94. The Morgan fingerprint density at radius 3 is 2.63 bits per heavy atom. The summed E-state index contributed by atoms with van der Waals surface area (Å²) in [6, 6.07) is 7.71. The zero-order chi connectivity index (χ0) is 13.9. The summed E-state index contributed by atoms with van der Waals surface area (Å²) in [5.74, 6) is 0.0464. The number of carbonyl (C=O) groups excluding carboxylic acids is 1. The molecule has 1 heterocycles. The molecule has 0 saturated carbocycles. The minimum Gasteiger partial charge on any atom is -0.351 e. The molecule has 1 aromatic rings. The van der Waals surface area contributed by atoms with Gasteiger partial charge in [0.15, 0.2) is 0 Å². The van der Waals surface area contributed by atoms with Crippen LogP contribution in [-0.2, 0) is 0 Å². The minimum atomic E-state index is 0.0464. The molecule has 1 aliphatic heterocycles. The van der Waals surface area contributed by atoms with Crippen LogP contribution >= 0.6 is 22.6 Å². The molecule has 1 saturated heterocycles. The maximum Gasteiger partial charge on any atom is 0.252 e. The number of halogens is 1. The highest BCUT2D eigenvalue weighted by Crippen LogP contribution is 2.29. The Labute approximate surface area is 128 Å². The standard InChI is InChI=1S/C15H21IN2O/c1-15(7-9-18(2)10-8-15)11-17-14(19)12-5-3-4-6-13(12)16/h3-6H,7-11H2,1-2H3,(H,17,19). The number of benzene rings is 1. The number of amides is 1. The molecule has 3 nitrogen and oxygen atoms in total. The van der Waals surface area contributed by atoms with Crippen LogP contribution in [0, 0.1) is 8.99 Å². The van der Waals surface area contributed by atoms with Crippen LogP contribution in [0.1, 0.15) is 30.1 Å². The van der Waals surface area contributed by atoms with Crippen LogP contribution in [0.5, 0.6) is 0 Å². The third-order valence-corrected chi connectivity index (χ3v) is 4.93. The quantitative estimate of drug-likeness (QED) is 0.828. The largest absolute Gasteiger partial charge is 0.351 e. The van der Waals surface area contributed by atoms with Gasteiger partial charge in [-0.1, -0.05) is 19.1 Å². The SMILES string of the molecule is CN1CCC(C)(CNC(=O)c2ccccc2I)CC1. The molecule has 0 radical (unpaired) electrons. The molecular formula is C15H21IN2O. The summed E-state index contributed by atoms with van der Waals surface area (Å²) in [4.78, 5) is 14.5. The Morgan fingerprint density at radius 1 is 1.37 bits per heavy atom. The smallest absolute Gasteiger partial charge is 0.252 e. The van der Waals surface area contributed by atoms with Crippen LogP contribution in [0.2, 0.25) is 0 Å². The molecule has 0 aromatic heterocycles. The lowest BCUT2D eigenvalue weighted by atomic mass is 9.80. The van der Waals surface area contributed by atoms with Gasteiger partial charge in [-0.3, -0.25) is 4.79 Å². The number of piperidine rings is 1. The number of nitrogens with zero attached hydrogens (tertiary/aromatic N) is 1. The normalized spacial score (nSPS) is 19.1. The van der Waals surface area contributed by atoms with Crippen molar-refractivity contribution in [3.05, 3.63) is 33.4 Å². The number of rotatable bonds is 3. The van der Waals surface area contributed by atoms with Gasteiger partial charge in [0.2, 0.25) is 0 Å². The number of likely N-dealkylation sites (tertiary alicyclic amines) is 1. The van der Waals surface area contributed by atoms with Crippen LogP contribution in [0.3, 0.4) is 0 Å². The predicted molar refractivity (Wildman–Crippen MR) is 86.3 cm³/mol. The zero-order valence-corrected chi connectivity index (χ0v) is 13.7.